The fourth-order valence-corrected chi connectivity index (χ4v) is 1.17. The molecule has 0 spiro atoms. The number of rotatable bonds is 2. The lowest BCUT2D eigenvalue weighted by molar-refractivity contribution is -0.242. The van der Waals surface area contributed by atoms with Gasteiger partial charge in [-0.3, -0.25) is 0 Å². The van der Waals surface area contributed by atoms with Crippen molar-refractivity contribution < 1.29 is 14.2 Å². The monoisotopic (exact) mass is 146 g/mol. The van der Waals surface area contributed by atoms with Crippen molar-refractivity contribution in [1.29, 1.82) is 0 Å². The Morgan fingerprint density at radius 2 is 1.60 bits per heavy atom. The molecule has 10 heavy (non-hydrogen) atoms. The van der Waals surface area contributed by atoms with Crippen LogP contribution in [0.3, 0.4) is 0 Å². The van der Waals surface area contributed by atoms with Crippen LogP contribution in [0.4, 0.5) is 0 Å². The Bertz CT molecular complexity index is 91.0. The molecule has 0 aliphatic carbocycles. The van der Waals surface area contributed by atoms with Gasteiger partial charge in [-0.2, -0.15) is 0 Å². The first-order valence-corrected chi connectivity index (χ1v) is 3.51. The van der Waals surface area contributed by atoms with Gasteiger partial charge in [0.05, 0.1) is 13.2 Å². The molecule has 1 aliphatic rings. The van der Waals surface area contributed by atoms with Gasteiger partial charge in [0.15, 0.2) is 5.79 Å². The van der Waals surface area contributed by atoms with Gasteiger partial charge in [0.2, 0.25) is 0 Å². The average molecular weight is 146 g/mol. The zero-order valence-electron chi connectivity index (χ0n) is 6.55. The van der Waals surface area contributed by atoms with Crippen LogP contribution in [0.1, 0.15) is 12.8 Å². The number of hydrogen-bond donors (Lipinski definition) is 0. The van der Waals surface area contributed by atoms with Crippen molar-refractivity contribution in [1.82, 2.24) is 0 Å². The fourth-order valence-electron chi connectivity index (χ4n) is 1.17. The Hall–Kier alpha value is -0.120. The molecule has 0 radical (unpaired) electrons. The third-order valence-corrected chi connectivity index (χ3v) is 2.00. The molecule has 0 amide bonds. The Labute approximate surface area is 61.3 Å². The van der Waals surface area contributed by atoms with Crippen LogP contribution in [0.5, 0.6) is 0 Å². The van der Waals surface area contributed by atoms with E-state index in [4.69, 9.17) is 14.2 Å². The average Bonchev–Trinajstić information content (AvgIpc) is 2.06. The summed E-state index contributed by atoms with van der Waals surface area (Å²) in [5.74, 6) is -0.363. The molecule has 3 heteroatoms. The summed E-state index contributed by atoms with van der Waals surface area (Å²) in [7, 11) is 3.35. The molecule has 0 atom stereocenters. The number of methoxy groups -OCH3 is 2. The standard InChI is InChI=1S/C7H14O3/c1-8-7(9-2)3-5-10-6-4-7/h3-6H2,1-2H3. The van der Waals surface area contributed by atoms with Crippen molar-refractivity contribution in [2.75, 3.05) is 27.4 Å². The molecule has 0 bridgehead atoms. The number of hydrogen-bond acceptors (Lipinski definition) is 3. The molecule has 0 unspecified atom stereocenters. The minimum Gasteiger partial charge on any atom is -0.381 e. The van der Waals surface area contributed by atoms with Gasteiger partial charge in [0, 0.05) is 27.1 Å². The Morgan fingerprint density at radius 1 is 1.10 bits per heavy atom. The molecule has 0 aromatic rings. The molecule has 60 valence electrons. The lowest BCUT2D eigenvalue weighted by atomic mass is 10.1. The van der Waals surface area contributed by atoms with E-state index in [1.165, 1.54) is 0 Å². The summed E-state index contributed by atoms with van der Waals surface area (Å²) in [6.07, 6.45) is 1.67. The van der Waals surface area contributed by atoms with Crippen molar-refractivity contribution in [3.05, 3.63) is 0 Å². The van der Waals surface area contributed by atoms with Crippen LogP contribution < -0.4 is 0 Å². The summed E-state index contributed by atoms with van der Waals surface area (Å²) >= 11 is 0. The lowest BCUT2D eigenvalue weighted by Gasteiger charge is -2.34. The minimum atomic E-state index is -0.363. The van der Waals surface area contributed by atoms with Crippen molar-refractivity contribution in [3.63, 3.8) is 0 Å². The number of ether oxygens (including phenoxy) is 3. The van der Waals surface area contributed by atoms with Crippen molar-refractivity contribution in [2.45, 2.75) is 18.6 Å². The highest BCUT2D eigenvalue weighted by atomic mass is 16.7. The second-order valence-corrected chi connectivity index (χ2v) is 2.43. The summed E-state index contributed by atoms with van der Waals surface area (Å²) in [4.78, 5) is 0. The third-order valence-electron chi connectivity index (χ3n) is 2.00. The second kappa shape index (κ2) is 3.32. The SMILES string of the molecule is COC1(OC)CCOCC1. The van der Waals surface area contributed by atoms with E-state index >= 15 is 0 Å². The van der Waals surface area contributed by atoms with Gasteiger partial charge in [-0.25, -0.2) is 0 Å². The highest BCUT2D eigenvalue weighted by Gasteiger charge is 2.31. The van der Waals surface area contributed by atoms with Gasteiger partial charge >= 0.3 is 0 Å². The fraction of sp³-hybridized carbons (Fsp3) is 1.00. The van der Waals surface area contributed by atoms with Crippen LogP contribution in [0.25, 0.3) is 0 Å². The predicted molar refractivity (Wildman–Crippen MR) is 36.8 cm³/mol. The van der Waals surface area contributed by atoms with Gasteiger partial charge < -0.3 is 14.2 Å². The summed E-state index contributed by atoms with van der Waals surface area (Å²) in [5.41, 5.74) is 0. The van der Waals surface area contributed by atoms with E-state index in [9.17, 15) is 0 Å². The molecule has 1 fully saturated rings. The van der Waals surface area contributed by atoms with Crippen molar-refractivity contribution in [3.8, 4) is 0 Å². The van der Waals surface area contributed by atoms with Crippen molar-refractivity contribution in [2.24, 2.45) is 0 Å². The van der Waals surface area contributed by atoms with Crippen LogP contribution >= 0.6 is 0 Å². The van der Waals surface area contributed by atoms with Gasteiger partial charge in [0.1, 0.15) is 0 Å². The zero-order valence-corrected chi connectivity index (χ0v) is 6.55. The van der Waals surface area contributed by atoms with E-state index < -0.39 is 0 Å². The largest absolute Gasteiger partial charge is 0.381 e. The van der Waals surface area contributed by atoms with Gasteiger partial charge in [-0.15, -0.1) is 0 Å². The molecule has 3 nitrogen and oxygen atoms in total. The topological polar surface area (TPSA) is 27.7 Å². The maximum absolute atomic E-state index is 5.23. The van der Waals surface area contributed by atoms with Crippen LogP contribution in [0, 0.1) is 0 Å². The van der Waals surface area contributed by atoms with Crippen LogP contribution in [0.2, 0.25) is 0 Å². The molecule has 1 aliphatic heterocycles. The van der Waals surface area contributed by atoms with E-state index in [2.05, 4.69) is 0 Å². The van der Waals surface area contributed by atoms with Gasteiger partial charge in [0.25, 0.3) is 0 Å². The maximum atomic E-state index is 5.23. The van der Waals surface area contributed by atoms with Gasteiger partial charge in [-0.1, -0.05) is 0 Å². The quantitative estimate of drug-likeness (QED) is 0.539. The molecule has 1 rings (SSSR count). The summed E-state index contributed by atoms with van der Waals surface area (Å²) < 4.78 is 15.6. The first-order valence-electron chi connectivity index (χ1n) is 3.51. The first-order chi connectivity index (χ1) is 4.83. The summed E-state index contributed by atoms with van der Waals surface area (Å²) in [6, 6.07) is 0. The van der Waals surface area contributed by atoms with Gasteiger partial charge in [-0.05, 0) is 0 Å². The Balaban J connectivity index is 2.44. The molecular weight excluding hydrogens is 132 g/mol. The highest BCUT2D eigenvalue weighted by molar-refractivity contribution is 4.71. The summed E-state index contributed by atoms with van der Waals surface area (Å²) in [6.45, 7) is 1.48. The molecule has 1 saturated heterocycles. The van der Waals surface area contributed by atoms with Crippen LogP contribution in [0.15, 0.2) is 0 Å². The van der Waals surface area contributed by atoms with E-state index in [0.717, 1.165) is 26.1 Å². The molecule has 1 heterocycles. The van der Waals surface area contributed by atoms with Crippen molar-refractivity contribution >= 4 is 0 Å². The minimum absolute atomic E-state index is 0.363. The zero-order chi connectivity index (χ0) is 7.45. The normalized spacial score (nSPS) is 24.6. The van der Waals surface area contributed by atoms with E-state index in [-0.39, 0.29) is 5.79 Å². The molecule has 0 aromatic carbocycles. The highest BCUT2D eigenvalue weighted by Crippen LogP contribution is 2.24. The molecule has 0 saturated carbocycles. The van der Waals surface area contributed by atoms with E-state index in [1.54, 1.807) is 14.2 Å². The molecular formula is C7H14O3. The van der Waals surface area contributed by atoms with E-state index in [1.807, 2.05) is 0 Å². The second-order valence-electron chi connectivity index (χ2n) is 2.43. The Kier molecular flexibility index (Phi) is 2.65. The molecule has 0 aromatic heterocycles. The predicted octanol–water partition coefficient (Wildman–Crippen LogP) is 0.786. The third kappa shape index (κ3) is 1.48. The smallest absolute Gasteiger partial charge is 0.171 e. The Morgan fingerprint density at radius 3 is 1.90 bits per heavy atom. The van der Waals surface area contributed by atoms with Crippen LogP contribution in [-0.2, 0) is 14.2 Å². The first kappa shape index (κ1) is 7.98. The van der Waals surface area contributed by atoms with E-state index in [0.29, 0.717) is 0 Å². The van der Waals surface area contributed by atoms with Crippen LogP contribution in [-0.4, -0.2) is 33.2 Å². The maximum Gasteiger partial charge on any atom is 0.171 e. The lowest BCUT2D eigenvalue weighted by Crippen LogP contribution is -2.39. The molecule has 0 N–H and O–H groups in total. The summed E-state index contributed by atoms with van der Waals surface area (Å²) in [5, 5.41) is 0.